The van der Waals surface area contributed by atoms with Gasteiger partial charge >= 0.3 is 11.9 Å². The molecule has 18 nitrogen and oxygen atoms in total. The molecule has 0 amide bonds. The summed E-state index contributed by atoms with van der Waals surface area (Å²) in [4.78, 5) is 39.5. The lowest BCUT2D eigenvalue weighted by Gasteiger charge is -2.17. The van der Waals surface area contributed by atoms with E-state index in [2.05, 4.69) is 42.7 Å². The Morgan fingerprint density at radius 1 is 0.588 bits per heavy atom. The third-order valence-electron chi connectivity index (χ3n) is 10.6. The van der Waals surface area contributed by atoms with Gasteiger partial charge in [0.05, 0.1) is 36.2 Å². The first-order valence-electron chi connectivity index (χ1n) is 21.5. The number of aliphatic hydroxyl groups is 2. The molecular formula is C50H50N8O10. The minimum atomic E-state index is -1.10. The van der Waals surface area contributed by atoms with E-state index in [9.17, 15) is 30.3 Å². The Labute approximate surface area is 392 Å². The summed E-state index contributed by atoms with van der Waals surface area (Å²) < 4.78 is 24.6. The molecule has 0 aliphatic carbocycles. The number of nitrogens with one attached hydrogen (secondary N) is 2. The average Bonchev–Trinajstić information content (AvgIpc) is 3.32. The van der Waals surface area contributed by atoms with E-state index in [1.165, 1.54) is 12.4 Å². The standard InChI is InChI=1S/C50H50N8O10/c1-31-39(29-65-45-11-9-37(23-55-25-41(59)15-47(61)62)49(57-45)67-27-35-13-33(17-51)19-53-21-35)5-3-7-43(31)44-8-4-6-40(32(44)2)30-66-46-12-10-38(24-56-26-42(60)16-48(63)64)50(58-46)68-28-36-14-34(18-52)20-54-22-36/h3-14,19-22,41-42,55-56,59-60H,15-16,23-30H2,1-2H3,(H,61,62)(H,63,64)/t41-,42-/m0/s1. The molecule has 0 saturated heterocycles. The van der Waals surface area contributed by atoms with Gasteiger partial charge in [0.1, 0.15) is 38.6 Å². The topological polar surface area (TPSA) is 275 Å². The predicted octanol–water partition coefficient (Wildman–Crippen LogP) is 5.46. The first-order chi connectivity index (χ1) is 32.9. The van der Waals surface area contributed by atoms with Gasteiger partial charge in [0.25, 0.3) is 0 Å². The van der Waals surface area contributed by atoms with Crippen molar-refractivity contribution in [3.8, 4) is 46.8 Å². The molecule has 0 radical (unpaired) electrons. The molecule has 350 valence electrons. The Hall–Kier alpha value is -8.00. The Morgan fingerprint density at radius 3 is 1.41 bits per heavy atom. The highest BCUT2D eigenvalue weighted by molar-refractivity contribution is 5.72. The SMILES string of the molecule is Cc1c(COc2ccc(CNC[C@@H](O)CC(=O)O)c(OCc3cncc(C#N)c3)n2)cccc1-c1cccc(COc2ccc(CNC[C@@H](O)CC(=O)O)c(OCc3cncc(C#N)c3)n2)c1C. The van der Waals surface area contributed by atoms with Crippen molar-refractivity contribution in [2.75, 3.05) is 13.1 Å². The van der Waals surface area contributed by atoms with E-state index in [0.717, 1.165) is 33.4 Å². The second-order valence-electron chi connectivity index (χ2n) is 15.7. The normalized spacial score (nSPS) is 11.7. The molecule has 2 atom stereocenters. The third-order valence-corrected chi connectivity index (χ3v) is 10.6. The van der Waals surface area contributed by atoms with Gasteiger partial charge < -0.3 is 50.0 Å². The molecule has 0 saturated carbocycles. The van der Waals surface area contributed by atoms with Gasteiger partial charge in [0, 0.05) is 85.4 Å². The number of rotatable bonds is 25. The van der Waals surface area contributed by atoms with Crippen molar-refractivity contribution in [2.24, 2.45) is 0 Å². The number of hydrogen-bond acceptors (Lipinski definition) is 16. The van der Waals surface area contributed by atoms with Gasteiger partial charge in [0.2, 0.25) is 23.5 Å². The van der Waals surface area contributed by atoms with Crippen molar-refractivity contribution in [1.29, 1.82) is 10.5 Å². The number of carboxylic acid groups (broad SMARTS) is 2. The lowest BCUT2D eigenvalue weighted by molar-refractivity contribution is -0.140. The minimum Gasteiger partial charge on any atom is -0.481 e. The highest BCUT2D eigenvalue weighted by Crippen LogP contribution is 2.32. The highest BCUT2D eigenvalue weighted by atomic mass is 16.5. The molecule has 0 bridgehead atoms. The number of hydrogen-bond donors (Lipinski definition) is 6. The number of ether oxygens (including phenoxy) is 4. The Kier molecular flexibility index (Phi) is 17.8. The van der Waals surface area contributed by atoms with Crippen LogP contribution in [0, 0.1) is 36.5 Å². The summed E-state index contributed by atoms with van der Waals surface area (Å²) >= 11 is 0. The van der Waals surface area contributed by atoms with E-state index in [4.69, 9.17) is 29.2 Å². The quantitative estimate of drug-likeness (QED) is 0.0416. The zero-order valence-corrected chi connectivity index (χ0v) is 37.4. The summed E-state index contributed by atoms with van der Waals surface area (Å²) in [5.74, 6) is -1.11. The zero-order chi connectivity index (χ0) is 48.4. The fraction of sp³-hybridized carbons (Fsp3) is 0.280. The summed E-state index contributed by atoms with van der Waals surface area (Å²) in [6, 6.07) is 26.4. The molecule has 0 unspecified atom stereocenters. The van der Waals surface area contributed by atoms with Crippen LogP contribution in [-0.2, 0) is 49.1 Å². The fourth-order valence-corrected chi connectivity index (χ4v) is 7.00. The average molecular weight is 923 g/mol. The van der Waals surface area contributed by atoms with Gasteiger partial charge in [0.15, 0.2) is 0 Å². The van der Waals surface area contributed by atoms with Gasteiger partial charge in [-0.05, 0) is 71.5 Å². The van der Waals surface area contributed by atoms with Crippen LogP contribution in [0.2, 0.25) is 0 Å². The minimum absolute atomic E-state index is 0.0394. The summed E-state index contributed by atoms with van der Waals surface area (Å²) in [6.45, 7) is 5.08. The summed E-state index contributed by atoms with van der Waals surface area (Å²) in [5, 5.41) is 62.8. The molecule has 0 fully saturated rings. The van der Waals surface area contributed by atoms with E-state index < -0.39 is 37.0 Å². The molecule has 0 aliphatic heterocycles. The molecule has 2 aromatic carbocycles. The molecule has 6 N–H and O–H groups in total. The molecule has 6 rings (SSSR count). The van der Waals surface area contributed by atoms with E-state index >= 15 is 0 Å². The van der Waals surface area contributed by atoms with Crippen molar-refractivity contribution >= 4 is 11.9 Å². The molecule has 6 aromatic rings. The fourth-order valence-electron chi connectivity index (χ4n) is 7.00. The number of nitrogens with zero attached hydrogens (tertiary/aromatic N) is 6. The van der Waals surface area contributed by atoms with Crippen molar-refractivity contribution in [2.45, 2.75) is 78.4 Å². The predicted molar refractivity (Wildman–Crippen MR) is 245 cm³/mol. The summed E-state index contributed by atoms with van der Waals surface area (Å²) in [6.07, 6.45) is 3.14. The van der Waals surface area contributed by atoms with E-state index in [1.807, 2.05) is 50.2 Å². The Bertz CT molecular complexity index is 2600. The number of pyridine rings is 4. The highest BCUT2D eigenvalue weighted by Gasteiger charge is 2.17. The number of carboxylic acids is 2. The van der Waals surface area contributed by atoms with Gasteiger partial charge in [-0.25, -0.2) is 0 Å². The maximum Gasteiger partial charge on any atom is 0.306 e. The summed E-state index contributed by atoms with van der Waals surface area (Å²) in [7, 11) is 0. The molecule has 68 heavy (non-hydrogen) atoms. The number of aliphatic carboxylic acids is 2. The van der Waals surface area contributed by atoms with Gasteiger partial charge in [-0.2, -0.15) is 20.5 Å². The van der Waals surface area contributed by atoms with E-state index in [1.54, 1.807) is 48.8 Å². The lowest BCUT2D eigenvalue weighted by atomic mass is 9.92. The van der Waals surface area contributed by atoms with Crippen LogP contribution in [0.1, 0.15) is 68.5 Å². The largest absolute Gasteiger partial charge is 0.481 e. The monoisotopic (exact) mass is 922 g/mol. The number of nitriles is 2. The van der Waals surface area contributed by atoms with Gasteiger partial charge in [-0.1, -0.05) is 36.4 Å². The van der Waals surface area contributed by atoms with Gasteiger partial charge in [-0.15, -0.1) is 0 Å². The number of aliphatic hydroxyl groups excluding tert-OH is 2. The van der Waals surface area contributed by atoms with Crippen LogP contribution in [0.3, 0.4) is 0 Å². The van der Waals surface area contributed by atoms with Crippen molar-refractivity contribution < 1.29 is 49.0 Å². The molecule has 0 spiro atoms. The lowest BCUT2D eigenvalue weighted by Crippen LogP contribution is -2.28. The maximum absolute atomic E-state index is 11.0. The van der Waals surface area contributed by atoms with Crippen LogP contribution < -0.4 is 29.6 Å². The second kappa shape index (κ2) is 24.5. The van der Waals surface area contributed by atoms with Crippen molar-refractivity contribution in [3.05, 3.63) is 153 Å². The van der Waals surface area contributed by atoms with Crippen molar-refractivity contribution in [1.82, 2.24) is 30.6 Å². The summed E-state index contributed by atoms with van der Waals surface area (Å²) in [5.41, 5.74) is 9.19. The molecule has 4 aromatic heterocycles. The number of benzene rings is 2. The second-order valence-corrected chi connectivity index (χ2v) is 15.7. The molecule has 0 aliphatic rings. The number of aromatic nitrogens is 4. The molecular weight excluding hydrogens is 873 g/mol. The Morgan fingerprint density at radius 2 is 1.01 bits per heavy atom. The van der Waals surface area contributed by atoms with E-state index in [0.29, 0.717) is 45.1 Å². The van der Waals surface area contributed by atoms with Crippen LogP contribution in [0.5, 0.6) is 23.5 Å². The van der Waals surface area contributed by atoms with Crippen LogP contribution in [-0.4, -0.2) is 77.6 Å². The maximum atomic E-state index is 11.0. The number of carbonyl (C=O) groups is 2. The van der Waals surface area contributed by atoms with Crippen LogP contribution >= 0.6 is 0 Å². The molecule has 18 heteroatoms. The van der Waals surface area contributed by atoms with Crippen LogP contribution in [0.15, 0.2) is 97.6 Å². The zero-order valence-electron chi connectivity index (χ0n) is 37.4. The first kappa shape index (κ1) is 49.4. The van der Waals surface area contributed by atoms with E-state index in [-0.39, 0.29) is 64.4 Å². The van der Waals surface area contributed by atoms with Crippen LogP contribution in [0.25, 0.3) is 11.1 Å². The Balaban J connectivity index is 1.15. The van der Waals surface area contributed by atoms with Crippen molar-refractivity contribution in [3.63, 3.8) is 0 Å². The smallest absolute Gasteiger partial charge is 0.306 e. The first-order valence-corrected chi connectivity index (χ1v) is 21.5. The molecule has 4 heterocycles. The third kappa shape index (κ3) is 14.5. The van der Waals surface area contributed by atoms with Crippen LogP contribution in [0.4, 0.5) is 0 Å². The van der Waals surface area contributed by atoms with Gasteiger partial charge in [-0.3, -0.25) is 19.6 Å².